The SMILES string of the molecule is CCCn1c(CC(N)c2cnccn2)nc2ccccc21. The van der Waals surface area contributed by atoms with Crippen molar-refractivity contribution in [1.82, 2.24) is 19.5 Å². The number of nitrogens with zero attached hydrogens (tertiary/aromatic N) is 4. The monoisotopic (exact) mass is 281 g/mol. The lowest BCUT2D eigenvalue weighted by molar-refractivity contribution is 0.600. The van der Waals surface area contributed by atoms with E-state index in [0.717, 1.165) is 30.0 Å². The van der Waals surface area contributed by atoms with Gasteiger partial charge in [0.05, 0.1) is 22.8 Å². The number of rotatable bonds is 5. The van der Waals surface area contributed by atoms with Crippen molar-refractivity contribution in [2.45, 2.75) is 32.4 Å². The van der Waals surface area contributed by atoms with Crippen molar-refractivity contribution < 1.29 is 0 Å². The smallest absolute Gasteiger partial charge is 0.111 e. The molecule has 3 rings (SSSR count). The Bertz CT molecular complexity index is 720. The predicted molar refractivity (Wildman–Crippen MR) is 82.7 cm³/mol. The van der Waals surface area contributed by atoms with Gasteiger partial charge in [0.25, 0.3) is 0 Å². The van der Waals surface area contributed by atoms with E-state index in [9.17, 15) is 0 Å². The van der Waals surface area contributed by atoms with Crippen LogP contribution in [0.3, 0.4) is 0 Å². The van der Waals surface area contributed by atoms with Crippen molar-refractivity contribution in [2.75, 3.05) is 0 Å². The van der Waals surface area contributed by atoms with Gasteiger partial charge in [-0.3, -0.25) is 9.97 Å². The molecule has 0 aliphatic rings. The molecule has 0 fully saturated rings. The van der Waals surface area contributed by atoms with E-state index in [1.54, 1.807) is 18.6 Å². The van der Waals surface area contributed by atoms with Crippen LogP contribution in [0.2, 0.25) is 0 Å². The number of nitrogens with two attached hydrogens (primary N) is 1. The summed E-state index contributed by atoms with van der Waals surface area (Å²) < 4.78 is 2.26. The van der Waals surface area contributed by atoms with Crippen LogP contribution in [-0.2, 0) is 13.0 Å². The molecule has 0 radical (unpaired) electrons. The minimum atomic E-state index is -0.189. The number of hydrogen-bond acceptors (Lipinski definition) is 4. The third-order valence-corrected chi connectivity index (χ3v) is 3.55. The molecule has 0 spiro atoms. The van der Waals surface area contributed by atoms with Crippen molar-refractivity contribution in [2.24, 2.45) is 5.73 Å². The van der Waals surface area contributed by atoms with E-state index < -0.39 is 0 Å². The van der Waals surface area contributed by atoms with Crippen LogP contribution < -0.4 is 5.73 Å². The van der Waals surface area contributed by atoms with Crippen molar-refractivity contribution in [3.05, 3.63) is 54.4 Å². The molecule has 0 saturated heterocycles. The van der Waals surface area contributed by atoms with Crippen molar-refractivity contribution in [3.63, 3.8) is 0 Å². The van der Waals surface area contributed by atoms with Crippen LogP contribution in [0.5, 0.6) is 0 Å². The Morgan fingerprint density at radius 1 is 1.24 bits per heavy atom. The highest BCUT2D eigenvalue weighted by atomic mass is 15.1. The first kappa shape index (κ1) is 13.7. The number of aromatic nitrogens is 4. The first-order valence-electron chi connectivity index (χ1n) is 7.25. The fourth-order valence-electron chi connectivity index (χ4n) is 2.56. The molecule has 2 aromatic heterocycles. The highest BCUT2D eigenvalue weighted by Gasteiger charge is 2.15. The Morgan fingerprint density at radius 3 is 2.86 bits per heavy atom. The van der Waals surface area contributed by atoms with Crippen LogP contribution in [0.15, 0.2) is 42.9 Å². The maximum Gasteiger partial charge on any atom is 0.111 e. The molecule has 1 unspecified atom stereocenters. The highest BCUT2D eigenvalue weighted by molar-refractivity contribution is 5.75. The van der Waals surface area contributed by atoms with Gasteiger partial charge >= 0.3 is 0 Å². The summed E-state index contributed by atoms with van der Waals surface area (Å²) in [5.41, 5.74) is 9.24. The summed E-state index contributed by atoms with van der Waals surface area (Å²) in [7, 11) is 0. The zero-order chi connectivity index (χ0) is 14.7. The van der Waals surface area contributed by atoms with Crippen molar-refractivity contribution >= 4 is 11.0 Å². The normalized spacial score (nSPS) is 12.7. The summed E-state index contributed by atoms with van der Waals surface area (Å²) in [6, 6.07) is 8.01. The zero-order valence-electron chi connectivity index (χ0n) is 12.1. The molecular formula is C16H19N5. The van der Waals surface area contributed by atoms with Gasteiger partial charge in [-0.1, -0.05) is 19.1 Å². The maximum absolute atomic E-state index is 6.26. The van der Waals surface area contributed by atoms with Gasteiger partial charge in [0.2, 0.25) is 0 Å². The first-order chi connectivity index (χ1) is 10.3. The molecule has 0 aliphatic heterocycles. The van der Waals surface area contributed by atoms with Gasteiger partial charge < -0.3 is 10.3 Å². The van der Waals surface area contributed by atoms with Gasteiger partial charge in [-0.05, 0) is 18.6 Å². The molecule has 5 nitrogen and oxygen atoms in total. The fourth-order valence-corrected chi connectivity index (χ4v) is 2.56. The summed E-state index contributed by atoms with van der Waals surface area (Å²) in [4.78, 5) is 13.1. The Kier molecular flexibility index (Phi) is 3.92. The van der Waals surface area contributed by atoms with Gasteiger partial charge in [-0.25, -0.2) is 4.98 Å². The molecule has 108 valence electrons. The van der Waals surface area contributed by atoms with Gasteiger partial charge in [0.1, 0.15) is 5.82 Å². The van der Waals surface area contributed by atoms with Crippen LogP contribution in [0.25, 0.3) is 11.0 Å². The lowest BCUT2D eigenvalue weighted by Gasteiger charge is -2.12. The van der Waals surface area contributed by atoms with Gasteiger partial charge in [0, 0.05) is 31.6 Å². The second-order valence-electron chi connectivity index (χ2n) is 5.11. The van der Waals surface area contributed by atoms with Crippen molar-refractivity contribution in [1.29, 1.82) is 0 Å². The second kappa shape index (κ2) is 6.01. The van der Waals surface area contributed by atoms with Crippen LogP contribution >= 0.6 is 0 Å². The molecule has 2 N–H and O–H groups in total. The Morgan fingerprint density at radius 2 is 2.10 bits per heavy atom. The van der Waals surface area contributed by atoms with Crippen LogP contribution in [0.1, 0.15) is 30.9 Å². The molecule has 0 bridgehead atoms. The molecule has 1 atom stereocenters. The van der Waals surface area contributed by atoms with E-state index in [2.05, 4.69) is 27.5 Å². The van der Waals surface area contributed by atoms with E-state index in [4.69, 9.17) is 10.7 Å². The average molecular weight is 281 g/mol. The van der Waals surface area contributed by atoms with Crippen LogP contribution in [0.4, 0.5) is 0 Å². The molecule has 21 heavy (non-hydrogen) atoms. The summed E-state index contributed by atoms with van der Waals surface area (Å²) in [6.45, 7) is 3.12. The van der Waals surface area contributed by atoms with E-state index in [1.165, 1.54) is 5.52 Å². The molecule has 2 heterocycles. The van der Waals surface area contributed by atoms with Crippen LogP contribution in [0, 0.1) is 0 Å². The maximum atomic E-state index is 6.26. The van der Waals surface area contributed by atoms with E-state index >= 15 is 0 Å². The number of para-hydroxylation sites is 2. The number of imidazole rings is 1. The zero-order valence-corrected chi connectivity index (χ0v) is 12.1. The molecule has 0 saturated carbocycles. The van der Waals surface area contributed by atoms with E-state index in [0.29, 0.717) is 6.42 Å². The van der Waals surface area contributed by atoms with Crippen molar-refractivity contribution in [3.8, 4) is 0 Å². The van der Waals surface area contributed by atoms with Crippen LogP contribution in [-0.4, -0.2) is 19.5 Å². The Hall–Kier alpha value is -2.27. The number of hydrogen-bond donors (Lipinski definition) is 1. The molecule has 3 aromatic rings. The van der Waals surface area contributed by atoms with Gasteiger partial charge in [-0.15, -0.1) is 0 Å². The van der Waals surface area contributed by atoms with Gasteiger partial charge in [-0.2, -0.15) is 0 Å². The summed E-state index contributed by atoms with van der Waals surface area (Å²) in [5.74, 6) is 1.01. The third kappa shape index (κ3) is 2.78. The fraction of sp³-hybridized carbons (Fsp3) is 0.312. The lowest BCUT2D eigenvalue weighted by Crippen LogP contribution is -2.18. The quantitative estimate of drug-likeness (QED) is 0.780. The molecule has 0 amide bonds. The average Bonchev–Trinajstić information content (AvgIpc) is 2.86. The lowest BCUT2D eigenvalue weighted by atomic mass is 10.1. The largest absolute Gasteiger partial charge is 0.328 e. The standard InChI is InChI=1S/C16H19N5/c1-2-9-21-15-6-4-3-5-13(15)20-16(21)10-12(17)14-11-18-7-8-19-14/h3-8,11-12H,2,9-10,17H2,1H3. The number of benzene rings is 1. The second-order valence-corrected chi connectivity index (χ2v) is 5.11. The Labute approximate surface area is 123 Å². The number of fused-ring (bicyclic) bond motifs is 1. The van der Waals surface area contributed by atoms with E-state index in [1.807, 2.05) is 18.2 Å². The van der Waals surface area contributed by atoms with E-state index in [-0.39, 0.29) is 6.04 Å². The molecular weight excluding hydrogens is 262 g/mol. The minimum Gasteiger partial charge on any atom is -0.328 e. The summed E-state index contributed by atoms with van der Waals surface area (Å²) in [6.07, 6.45) is 6.77. The van der Waals surface area contributed by atoms with Gasteiger partial charge in [0.15, 0.2) is 0 Å². The molecule has 1 aromatic carbocycles. The first-order valence-corrected chi connectivity index (χ1v) is 7.25. The minimum absolute atomic E-state index is 0.189. The third-order valence-electron chi connectivity index (χ3n) is 3.55. The molecule has 5 heteroatoms. The Balaban J connectivity index is 1.94. The summed E-state index contributed by atoms with van der Waals surface area (Å²) in [5, 5.41) is 0. The topological polar surface area (TPSA) is 69.6 Å². The molecule has 0 aliphatic carbocycles. The number of aryl methyl sites for hydroxylation is 1. The highest BCUT2D eigenvalue weighted by Crippen LogP contribution is 2.20. The predicted octanol–water partition coefficient (Wildman–Crippen LogP) is 2.48. The summed E-state index contributed by atoms with van der Waals surface area (Å²) >= 11 is 0.